The second kappa shape index (κ2) is 9.55. The molecular formula is C18H19Cl2O2Sn. The number of hydrogen-bond acceptors (Lipinski definition) is 1. The summed E-state index contributed by atoms with van der Waals surface area (Å²) in [7, 11) is 0. The van der Waals surface area contributed by atoms with Crippen LogP contribution in [-0.2, 0) is 8.23 Å². The van der Waals surface area contributed by atoms with Gasteiger partial charge in [-0.2, -0.15) is 0 Å². The Bertz CT molecular complexity index is 575. The molecule has 0 heterocycles. The molecule has 0 bridgehead atoms. The van der Waals surface area contributed by atoms with Gasteiger partial charge in [0.2, 0.25) is 0 Å². The molecule has 0 atom stereocenters. The Morgan fingerprint density at radius 2 is 1.30 bits per heavy atom. The van der Waals surface area contributed by atoms with Crippen molar-refractivity contribution in [1.29, 1.82) is 0 Å². The number of carbonyl (C=O) groups is 1. The van der Waals surface area contributed by atoms with Crippen LogP contribution in [0.25, 0.3) is 0 Å². The minimum absolute atomic E-state index is 0.0939. The van der Waals surface area contributed by atoms with E-state index in [-0.39, 0.29) is 3.43 Å². The number of halogens is 2. The van der Waals surface area contributed by atoms with E-state index in [2.05, 4.69) is 31.2 Å². The monoisotopic (exact) mass is 457 g/mol. The number of hydrogen-bond donors (Lipinski definition) is 1. The molecule has 0 fully saturated rings. The average molecular weight is 457 g/mol. The molecule has 2 rings (SSSR count). The van der Waals surface area contributed by atoms with Gasteiger partial charge in [-0.15, -0.1) is 0 Å². The van der Waals surface area contributed by atoms with Crippen LogP contribution in [0.15, 0.2) is 48.5 Å². The van der Waals surface area contributed by atoms with Gasteiger partial charge in [-0.1, -0.05) is 0 Å². The third-order valence-electron chi connectivity index (χ3n) is 3.30. The molecule has 2 nitrogen and oxygen atoms in total. The van der Waals surface area contributed by atoms with Crippen molar-refractivity contribution >= 4 is 51.7 Å². The summed E-state index contributed by atoms with van der Waals surface area (Å²) in [5.41, 5.74) is 2.67. The van der Waals surface area contributed by atoms with E-state index in [1.807, 2.05) is 24.3 Å². The molecule has 2 aromatic rings. The molecule has 0 aliphatic rings. The summed E-state index contributed by atoms with van der Waals surface area (Å²) in [6.07, 6.45) is 2.28. The molecule has 1 N–H and O–H groups in total. The van der Waals surface area contributed by atoms with Gasteiger partial charge < -0.3 is 5.11 Å². The van der Waals surface area contributed by atoms with Crippen molar-refractivity contribution in [1.82, 2.24) is 0 Å². The van der Waals surface area contributed by atoms with Gasteiger partial charge >= 0.3 is 139 Å². The van der Waals surface area contributed by atoms with Gasteiger partial charge in [-0.05, 0) is 0 Å². The molecule has 0 aliphatic heterocycles. The van der Waals surface area contributed by atoms with E-state index in [9.17, 15) is 0 Å². The molecule has 0 spiro atoms. The zero-order valence-corrected chi connectivity index (χ0v) is 17.5. The van der Waals surface area contributed by atoms with Crippen LogP contribution < -0.4 is 0 Å². The summed E-state index contributed by atoms with van der Waals surface area (Å²) in [4.78, 5) is 9.00. The van der Waals surface area contributed by atoms with Gasteiger partial charge in [0, 0.05) is 6.92 Å². The summed E-state index contributed by atoms with van der Waals surface area (Å²) in [6.45, 7) is 3.31. The van der Waals surface area contributed by atoms with E-state index in [1.54, 1.807) is 0 Å². The van der Waals surface area contributed by atoms with E-state index in [4.69, 9.17) is 33.1 Å². The van der Waals surface area contributed by atoms with E-state index in [1.165, 1.54) is 33.7 Å². The number of rotatable bonds is 4. The predicted octanol–water partition coefficient (Wildman–Crippen LogP) is 5.30. The van der Waals surface area contributed by atoms with Gasteiger partial charge in [0.1, 0.15) is 0 Å². The summed E-state index contributed by atoms with van der Waals surface area (Å²) >= 11 is 13.5. The molecule has 0 aromatic heterocycles. The van der Waals surface area contributed by atoms with Crippen molar-refractivity contribution in [2.24, 2.45) is 0 Å². The molecule has 5 heteroatoms. The van der Waals surface area contributed by atoms with Crippen molar-refractivity contribution in [3.05, 3.63) is 69.7 Å². The standard InChI is InChI=1S/C16H15Cl2.C2H4O2.Sn/c1-2-3-16(12-4-8-14(17)9-5-12)13-6-10-15(18)11-7-13;1-2(3)4;/h4-11H,2-3H2,1H3;1H3,(H,3,4);. The van der Waals surface area contributed by atoms with Crippen molar-refractivity contribution in [2.75, 3.05) is 0 Å². The fourth-order valence-electron chi connectivity index (χ4n) is 2.30. The number of benzene rings is 2. The Kier molecular flexibility index (Phi) is 8.44. The first-order chi connectivity index (χ1) is 10.8. The van der Waals surface area contributed by atoms with Crippen LogP contribution >= 0.6 is 23.2 Å². The molecule has 23 heavy (non-hydrogen) atoms. The van der Waals surface area contributed by atoms with Crippen LogP contribution in [-0.4, -0.2) is 33.6 Å². The molecule has 121 valence electrons. The zero-order chi connectivity index (χ0) is 17.5. The molecule has 3 radical (unpaired) electrons. The van der Waals surface area contributed by atoms with E-state index in [0.717, 1.165) is 29.8 Å². The summed E-state index contributed by atoms with van der Waals surface area (Å²) in [6, 6.07) is 16.5. The SMILES string of the molecule is CC(=O)O.CCC[C]([Sn])(c1ccc(Cl)cc1)c1ccc(Cl)cc1. The molecule has 0 unspecified atom stereocenters. The third-order valence-corrected chi connectivity index (χ3v) is 6.16. The topological polar surface area (TPSA) is 37.3 Å². The number of carboxylic acids is 1. The first-order valence-electron chi connectivity index (χ1n) is 7.26. The van der Waals surface area contributed by atoms with Crippen LogP contribution in [0.4, 0.5) is 0 Å². The van der Waals surface area contributed by atoms with Gasteiger partial charge in [0.05, 0.1) is 0 Å². The molecule has 0 saturated heterocycles. The van der Waals surface area contributed by atoms with Crippen LogP contribution in [0.1, 0.15) is 37.8 Å². The Balaban J connectivity index is 0.000000593. The second-order valence-corrected chi connectivity index (χ2v) is 8.50. The van der Waals surface area contributed by atoms with E-state index in [0.29, 0.717) is 0 Å². The Morgan fingerprint density at radius 3 is 1.57 bits per heavy atom. The summed E-state index contributed by atoms with van der Waals surface area (Å²) in [5, 5.41) is 8.99. The van der Waals surface area contributed by atoms with E-state index >= 15 is 0 Å². The normalized spacial score (nSPS) is 10.7. The average Bonchev–Trinajstić information content (AvgIpc) is 2.48. The third kappa shape index (κ3) is 6.36. The molecular weight excluding hydrogens is 438 g/mol. The number of carboxylic acid groups (broad SMARTS) is 1. The fourth-order valence-corrected chi connectivity index (χ4v) is 4.22. The Hall–Kier alpha value is -0.711. The molecule has 0 saturated carbocycles. The fraction of sp³-hybridized carbons (Fsp3) is 0.278. The summed E-state index contributed by atoms with van der Waals surface area (Å²) < 4.78 is 0.0939. The van der Waals surface area contributed by atoms with Crippen LogP contribution in [0.3, 0.4) is 0 Å². The first-order valence-corrected chi connectivity index (χ1v) is 9.44. The van der Waals surface area contributed by atoms with Gasteiger partial charge in [-0.3, -0.25) is 4.79 Å². The maximum absolute atomic E-state index is 9.00. The Morgan fingerprint density at radius 1 is 1.00 bits per heavy atom. The maximum atomic E-state index is 9.00. The van der Waals surface area contributed by atoms with Crippen LogP contribution in [0, 0.1) is 0 Å². The van der Waals surface area contributed by atoms with Gasteiger partial charge in [0.15, 0.2) is 0 Å². The Labute approximate surface area is 160 Å². The van der Waals surface area contributed by atoms with E-state index < -0.39 is 5.97 Å². The second-order valence-electron chi connectivity index (χ2n) is 5.19. The zero-order valence-electron chi connectivity index (χ0n) is 13.1. The minimum atomic E-state index is -0.833. The van der Waals surface area contributed by atoms with Gasteiger partial charge in [-0.25, -0.2) is 0 Å². The van der Waals surface area contributed by atoms with Gasteiger partial charge in [0.25, 0.3) is 5.97 Å². The molecule has 0 aliphatic carbocycles. The van der Waals surface area contributed by atoms with Crippen LogP contribution in [0.2, 0.25) is 10.0 Å². The molecule has 2 aromatic carbocycles. The predicted molar refractivity (Wildman–Crippen MR) is 97.7 cm³/mol. The van der Waals surface area contributed by atoms with Crippen molar-refractivity contribution in [3.8, 4) is 0 Å². The first kappa shape index (κ1) is 20.3. The number of aliphatic carboxylic acids is 1. The summed E-state index contributed by atoms with van der Waals surface area (Å²) in [5.74, 6) is -0.833. The van der Waals surface area contributed by atoms with Crippen LogP contribution in [0.5, 0.6) is 0 Å². The van der Waals surface area contributed by atoms with Crippen molar-refractivity contribution < 1.29 is 9.90 Å². The van der Waals surface area contributed by atoms with Crippen molar-refractivity contribution in [2.45, 2.75) is 30.1 Å². The molecule has 0 amide bonds. The quantitative estimate of drug-likeness (QED) is 0.634. The van der Waals surface area contributed by atoms with Crippen molar-refractivity contribution in [3.63, 3.8) is 0 Å².